The average molecular weight is 650 g/mol. The van der Waals surface area contributed by atoms with Crippen LogP contribution in [0.3, 0.4) is 0 Å². The van der Waals surface area contributed by atoms with Crippen molar-refractivity contribution in [1.29, 1.82) is 0 Å². The van der Waals surface area contributed by atoms with Gasteiger partial charge < -0.3 is 0 Å². The molecule has 0 aliphatic carbocycles. The van der Waals surface area contributed by atoms with Gasteiger partial charge in [-0.1, -0.05) is 0 Å². The first-order valence-electron chi connectivity index (χ1n) is 12.1. The van der Waals surface area contributed by atoms with Gasteiger partial charge in [0.05, 0.1) is 0 Å². The molecule has 35 heavy (non-hydrogen) atoms. The van der Waals surface area contributed by atoms with Crippen molar-refractivity contribution in [2.75, 3.05) is 26.2 Å². The Bertz CT molecular complexity index is 972. The van der Waals surface area contributed by atoms with E-state index in [1.54, 1.807) is 0 Å². The summed E-state index contributed by atoms with van der Waals surface area (Å²) >= 11 is 7.94. The molecule has 0 saturated heterocycles. The third kappa shape index (κ3) is 5.62. The fourth-order valence-corrected chi connectivity index (χ4v) is 44.7. The Hall–Kier alpha value is -1.04. The van der Waals surface area contributed by atoms with Gasteiger partial charge in [-0.3, -0.25) is 0 Å². The van der Waals surface area contributed by atoms with Crippen LogP contribution in [0.2, 0.25) is 0 Å². The number of rotatable bonds is 9. The Kier molecular flexibility index (Phi) is 10.6. The molecule has 0 radical (unpaired) electrons. The molecule has 0 N–H and O–H groups in total. The van der Waals surface area contributed by atoms with Gasteiger partial charge in [0, 0.05) is 0 Å². The maximum atomic E-state index is 6.24. The molecule has 0 fully saturated rings. The van der Waals surface area contributed by atoms with Crippen LogP contribution in [-0.2, 0) is 0 Å². The zero-order valence-electron chi connectivity index (χ0n) is 21.0. The van der Waals surface area contributed by atoms with Crippen LogP contribution in [0, 0.1) is 0 Å². The van der Waals surface area contributed by atoms with Crippen molar-refractivity contribution < 1.29 is 0 Å². The molecular weight excluding hydrogens is 614 g/mol. The molecule has 0 spiro atoms. The summed E-state index contributed by atoms with van der Waals surface area (Å²) < 4.78 is 5.93. The van der Waals surface area contributed by atoms with Crippen LogP contribution >= 0.6 is 42.1 Å². The van der Waals surface area contributed by atoms with Gasteiger partial charge in [0.2, 0.25) is 0 Å². The SMILES string of the molecule is CCN(CC)C(=S)[S][Sb]([S]C(=S)N(CC)CC)([c]1ccccc1)([c]1ccccc1)[c]1ccccc1. The van der Waals surface area contributed by atoms with Crippen LogP contribution in [0.25, 0.3) is 0 Å². The van der Waals surface area contributed by atoms with Crippen LogP contribution < -0.4 is 10.5 Å². The van der Waals surface area contributed by atoms with Crippen LogP contribution in [0.1, 0.15) is 27.7 Å². The second-order valence-electron chi connectivity index (χ2n) is 8.02. The predicted molar refractivity (Wildman–Crippen MR) is 170 cm³/mol. The summed E-state index contributed by atoms with van der Waals surface area (Å²) in [4.78, 5) is 4.61. The first-order valence-corrected chi connectivity index (χ1v) is 24.6. The zero-order chi connectivity index (χ0) is 25.3. The summed E-state index contributed by atoms with van der Waals surface area (Å²) in [6.45, 7) is 12.3. The molecule has 0 atom stereocenters. The normalized spacial score (nSPS) is 12.4. The molecule has 3 rings (SSSR count). The molecule has 0 aliphatic rings. The molecule has 0 heterocycles. The van der Waals surface area contributed by atoms with E-state index in [0.717, 1.165) is 34.8 Å². The van der Waals surface area contributed by atoms with E-state index in [0.29, 0.717) is 0 Å². The van der Waals surface area contributed by atoms with Crippen molar-refractivity contribution in [2.24, 2.45) is 0 Å². The van der Waals surface area contributed by atoms with Crippen LogP contribution in [0.15, 0.2) is 91.0 Å². The fourth-order valence-electron chi connectivity index (χ4n) is 4.26. The third-order valence-electron chi connectivity index (χ3n) is 6.22. The fraction of sp³-hybridized carbons (Fsp3) is 0.286. The summed E-state index contributed by atoms with van der Waals surface area (Å²) in [5, 5.41) is 0. The van der Waals surface area contributed by atoms with Crippen LogP contribution in [0.4, 0.5) is 0 Å². The molecule has 0 amide bonds. The van der Waals surface area contributed by atoms with Gasteiger partial charge in [0.25, 0.3) is 0 Å². The van der Waals surface area contributed by atoms with E-state index >= 15 is 0 Å². The molecule has 0 aliphatic heterocycles. The summed E-state index contributed by atoms with van der Waals surface area (Å²) in [6, 6.07) is 33.1. The van der Waals surface area contributed by atoms with E-state index < -0.39 is 14.6 Å². The molecule has 186 valence electrons. The second kappa shape index (κ2) is 13.0. The van der Waals surface area contributed by atoms with E-state index in [1.807, 2.05) is 17.7 Å². The molecule has 0 unspecified atom stereocenters. The number of thiocarbonyl (C=S) groups is 2. The van der Waals surface area contributed by atoms with E-state index in [4.69, 9.17) is 24.4 Å². The van der Waals surface area contributed by atoms with Crippen molar-refractivity contribution in [3.05, 3.63) is 91.0 Å². The molecule has 3 aromatic rings. The molecule has 0 aromatic heterocycles. The van der Waals surface area contributed by atoms with Gasteiger partial charge in [0.15, 0.2) is 0 Å². The number of nitrogens with zero attached hydrogens (tertiary/aromatic N) is 2. The van der Waals surface area contributed by atoms with Gasteiger partial charge in [-0.25, -0.2) is 0 Å². The number of benzene rings is 3. The third-order valence-corrected chi connectivity index (χ3v) is 42.0. The quantitative estimate of drug-likeness (QED) is 0.212. The molecule has 7 heteroatoms. The van der Waals surface area contributed by atoms with E-state index in [1.165, 1.54) is 10.5 Å². The molecular formula is C28H35N2S4Sb. The monoisotopic (exact) mass is 648 g/mol. The van der Waals surface area contributed by atoms with Crippen LogP contribution in [0.5, 0.6) is 0 Å². The zero-order valence-corrected chi connectivity index (χ0v) is 26.8. The Balaban J connectivity index is 2.49. The van der Waals surface area contributed by atoms with Crippen molar-refractivity contribution in [3.8, 4) is 0 Å². The summed E-state index contributed by atoms with van der Waals surface area (Å²) in [5.74, 6) is 0. The van der Waals surface area contributed by atoms with Gasteiger partial charge in [-0.15, -0.1) is 0 Å². The Morgan fingerprint density at radius 1 is 0.543 bits per heavy atom. The van der Waals surface area contributed by atoms with Gasteiger partial charge in [-0.05, 0) is 0 Å². The van der Waals surface area contributed by atoms with Crippen LogP contribution in [-0.4, -0.2) is 59.2 Å². The van der Waals surface area contributed by atoms with E-state index in [-0.39, 0.29) is 0 Å². The van der Waals surface area contributed by atoms with Crippen molar-refractivity contribution in [2.45, 2.75) is 27.7 Å². The second-order valence-corrected chi connectivity index (χ2v) is 34.8. The van der Waals surface area contributed by atoms with Gasteiger partial charge >= 0.3 is 231 Å². The van der Waals surface area contributed by atoms with E-state index in [2.05, 4.69) is 128 Å². The summed E-state index contributed by atoms with van der Waals surface area (Å²) in [7, 11) is 3.86. The first kappa shape index (κ1) is 28.5. The summed E-state index contributed by atoms with van der Waals surface area (Å²) in [6.07, 6.45) is 0. The topological polar surface area (TPSA) is 6.48 Å². The average Bonchev–Trinajstić information content (AvgIpc) is 2.91. The van der Waals surface area contributed by atoms with Gasteiger partial charge in [-0.2, -0.15) is 0 Å². The predicted octanol–water partition coefficient (Wildman–Crippen LogP) is 5.82. The maximum absolute atomic E-state index is 6.24. The number of hydrogen-bond acceptors (Lipinski definition) is 4. The molecule has 2 nitrogen and oxygen atoms in total. The molecule has 0 bridgehead atoms. The molecule has 0 saturated carbocycles. The van der Waals surface area contributed by atoms with Gasteiger partial charge in [0.1, 0.15) is 0 Å². The summed E-state index contributed by atoms with van der Waals surface area (Å²) in [5.41, 5.74) is 0. The standard InChI is InChI=1S/3C6H5.2C5H11NS2.Sb/c3*1-2-4-6-5-3-1;2*1-3-6(4-2)5(7)8;/h3*1-5H;2*3-4H2,1-2H3,(H,7,8);/q;;;;;+2/p-2. The first-order chi connectivity index (χ1) is 17.0. The van der Waals surface area contributed by atoms with Crippen molar-refractivity contribution in [3.63, 3.8) is 0 Å². The molecule has 3 aromatic carbocycles. The van der Waals surface area contributed by atoms with Crippen molar-refractivity contribution >= 4 is 75.9 Å². The van der Waals surface area contributed by atoms with Crippen molar-refractivity contribution in [1.82, 2.24) is 9.80 Å². The minimum absolute atomic E-state index is 0.885. The Labute approximate surface area is 228 Å². The number of hydrogen-bond donors (Lipinski definition) is 0. The van der Waals surface area contributed by atoms with E-state index in [9.17, 15) is 0 Å². The Morgan fingerprint density at radius 2 is 0.800 bits per heavy atom. The Morgan fingerprint density at radius 3 is 1.03 bits per heavy atom. The minimum atomic E-state index is -4.54.